The summed E-state index contributed by atoms with van der Waals surface area (Å²) in [4.78, 5) is 13.3. The van der Waals surface area contributed by atoms with Crippen molar-refractivity contribution in [2.75, 3.05) is 13.1 Å². The van der Waals surface area contributed by atoms with Crippen molar-refractivity contribution in [3.05, 3.63) is 0 Å². The van der Waals surface area contributed by atoms with Crippen molar-refractivity contribution in [2.24, 2.45) is 11.7 Å². The first-order valence-electron chi connectivity index (χ1n) is 5.30. The third kappa shape index (κ3) is 3.18. The van der Waals surface area contributed by atoms with Crippen LogP contribution < -0.4 is 11.1 Å². The molecular weight excluding hydrogens is 178 g/mol. The molecule has 1 rings (SSSR count). The van der Waals surface area contributed by atoms with E-state index in [0.717, 1.165) is 13.0 Å². The molecule has 0 aromatic rings. The van der Waals surface area contributed by atoms with Gasteiger partial charge in [-0.1, -0.05) is 13.8 Å². The lowest BCUT2D eigenvalue weighted by atomic mass is 10.0. The van der Waals surface area contributed by atoms with Crippen LogP contribution in [-0.4, -0.2) is 36.1 Å². The quantitative estimate of drug-likeness (QED) is 0.702. The van der Waals surface area contributed by atoms with E-state index in [9.17, 15) is 4.79 Å². The van der Waals surface area contributed by atoms with Gasteiger partial charge in [0.05, 0.1) is 0 Å². The van der Waals surface area contributed by atoms with Crippen LogP contribution in [-0.2, 0) is 0 Å². The molecule has 0 aromatic heterocycles. The summed E-state index contributed by atoms with van der Waals surface area (Å²) in [6.07, 6.45) is 1.04. The minimum atomic E-state index is 0.0351. The zero-order valence-electron chi connectivity index (χ0n) is 9.29. The van der Waals surface area contributed by atoms with Gasteiger partial charge in [-0.3, -0.25) is 0 Å². The van der Waals surface area contributed by atoms with Crippen molar-refractivity contribution in [2.45, 2.75) is 39.3 Å². The van der Waals surface area contributed by atoms with E-state index in [4.69, 9.17) is 5.73 Å². The summed E-state index contributed by atoms with van der Waals surface area (Å²) in [7, 11) is 0. The van der Waals surface area contributed by atoms with Gasteiger partial charge in [0.1, 0.15) is 0 Å². The maximum absolute atomic E-state index is 11.5. The van der Waals surface area contributed by atoms with Crippen molar-refractivity contribution in [3.8, 4) is 0 Å². The lowest BCUT2D eigenvalue weighted by Gasteiger charge is -2.17. The summed E-state index contributed by atoms with van der Waals surface area (Å²) in [6.45, 7) is 7.71. The second-order valence-electron chi connectivity index (χ2n) is 4.66. The van der Waals surface area contributed by atoms with Crippen molar-refractivity contribution in [1.29, 1.82) is 0 Å². The third-order valence-electron chi connectivity index (χ3n) is 2.32. The molecule has 1 fully saturated rings. The molecule has 0 bridgehead atoms. The average Bonchev–Trinajstić information content (AvgIpc) is 2.28. The first-order chi connectivity index (χ1) is 6.49. The number of hydrogen-bond acceptors (Lipinski definition) is 2. The SMILES string of the molecule is CC(C)CC1CN(CC(C)N)C(=O)N1. The van der Waals surface area contributed by atoms with Crippen molar-refractivity contribution in [3.63, 3.8) is 0 Å². The van der Waals surface area contributed by atoms with Crippen LogP contribution in [0.25, 0.3) is 0 Å². The highest BCUT2D eigenvalue weighted by Crippen LogP contribution is 2.12. The van der Waals surface area contributed by atoms with Crippen molar-refractivity contribution >= 4 is 6.03 Å². The lowest BCUT2D eigenvalue weighted by Crippen LogP contribution is -2.37. The fraction of sp³-hybridized carbons (Fsp3) is 0.900. The Balaban J connectivity index is 2.39. The summed E-state index contributed by atoms with van der Waals surface area (Å²) in [5, 5.41) is 2.97. The molecule has 2 atom stereocenters. The number of nitrogens with zero attached hydrogens (tertiary/aromatic N) is 1. The molecule has 1 aliphatic rings. The van der Waals surface area contributed by atoms with E-state index in [-0.39, 0.29) is 12.1 Å². The Labute approximate surface area is 85.8 Å². The smallest absolute Gasteiger partial charge is 0.317 e. The number of hydrogen-bond donors (Lipinski definition) is 2. The van der Waals surface area contributed by atoms with Gasteiger partial charge in [0.15, 0.2) is 0 Å². The molecule has 4 heteroatoms. The number of nitrogens with one attached hydrogen (secondary N) is 1. The van der Waals surface area contributed by atoms with E-state index in [2.05, 4.69) is 19.2 Å². The lowest BCUT2D eigenvalue weighted by molar-refractivity contribution is 0.215. The molecule has 2 amide bonds. The molecule has 0 aromatic carbocycles. The molecule has 0 saturated carbocycles. The molecule has 1 saturated heterocycles. The molecule has 0 spiro atoms. The molecule has 2 unspecified atom stereocenters. The summed E-state index contributed by atoms with van der Waals surface area (Å²) in [5.74, 6) is 0.621. The van der Waals surface area contributed by atoms with Crippen LogP contribution in [0, 0.1) is 5.92 Å². The van der Waals surface area contributed by atoms with E-state index in [0.29, 0.717) is 18.5 Å². The molecule has 1 heterocycles. The first-order valence-corrected chi connectivity index (χ1v) is 5.30. The van der Waals surface area contributed by atoms with Gasteiger partial charge in [0, 0.05) is 25.2 Å². The van der Waals surface area contributed by atoms with E-state index in [1.807, 2.05) is 6.92 Å². The fourth-order valence-corrected chi connectivity index (χ4v) is 1.87. The van der Waals surface area contributed by atoms with Crippen molar-refractivity contribution < 1.29 is 4.79 Å². The Morgan fingerprint density at radius 3 is 2.71 bits per heavy atom. The van der Waals surface area contributed by atoms with Gasteiger partial charge in [-0.25, -0.2) is 4.79 Å². The first kappa shape index (κ1) is 11.3. The molecule has 4 nitrogen and oxygen atoms in total. The minimum absolute atomic E-state index is 0.0351. The highest BCUT2D eigenvalue weighted by atomic mass is 16.2. The monoisotopic (exact) mass is 199 g/mol. The largest absolute Gasteiger partial charge is 0.333 e. The van der Waals surface area contributed by atoms with E-state index >= 15 is 0 Å². The van der Waals surface area contributed by atoms with Gasteiger partial charge in [0.25, 0.3) is 0 Å². The predicted molar refractivity (Wildman–Crippen MR) is 57.0 cm³/mol. The Hall–Kier alpha value is -0.770. The maximum Gasteiger partial charge on any atom is 0.317 e. The highest BCUT2D eigenvalue weighted by Gasteiger charge is 2.28. The maximum atomic E-state index is 11.5. The number of urea groups is 1. The second-order valence-corrected chi connectivity index (χ2v) is 4.66. The molecule has 82 valence electrons. The molecule has 14 heavy (non-hydrogen) atoms. The van der Waals surface area contributed by atoms with E-state index in [1.165, 1.54) is 0 Å². The minimum Gasteiger partial charge on any atom is -0.333 e. The standard InChI is InChI=1S/C10H21N3O/c1-7(2)4-9-6-13(5-8(3)11)10(14)12-9/h7-9H,4-6,11H2,1-3H3,(H,12,14). The number of rotatable bonds is 4. The topological polar surface area (TPSA) is 58.4 Å². The normalized spacial score (nSPS) is 24.2. The Morgan fingerprint density at radius 2 is 2.21 bits per heavy atom. The van der Waals surface area contributed by atoms with Crippen LogP contribution in [0.2, 0.25) is 0 Å². The number of nitrogens with two attached hydrogens (primary N) is 1. The van der Waals surface area contributed by atoms with Crippen molar-refractivity contribution in [1.82, 2.24) is 10.2 Å². The summed E-state index contributed by atoms with van der Waals surface area (Å²) >= 11 is 0. The van der Waals surface area contributed by atoms with Crippen LogP contribution >= 0.6 is 0 Å². The van der Waals surface area contributed by atoms with Crippen LogP contribution in [0.3, 0.4) is 0 Å². The number of carbonyl (C=O) groups is 1. The number of amides is 2. The molecule has 0 radical (unpaired) electrons. The Morgan fingerprint density at radius 1 is 1.57 bits per heavy atom. The molecule has 3 N–H and O–H groups in total. The zero-order chi connectivity index (χ0) is 10.7. The average molecular weight is 199 g/mol. The van der Waals surface area contributed by atoms with Gasteiger partial charge >= 0.3 is 6.03 Å². The van der Waals surface area contributed by atoms with Crippen LogP contribution in [0.5, 0.6) is 0 Å². The van der Waals surface area contributed by atoms with Gasteiger partial charge in [0.2, 0.25) is 0 Å². The summed E-state index contributed by atoms with van der Waals surface area (Å²) in [6, 6.07) is 0.396. The summed E-state index contributed by atoms with van der Waals surface area (Å²) in [5.41, 5.74) is 5.66. The second kappa shape index (κ2) is 4.64. The van der Waals surface area contributed by atoms with Gasteiger partial charge < -0.3 is 16.0 Å². The number of carbonyl (C=O) groups excluding carboxylic acids is 1. The van der Waals surface area contributed by atoms with Crippen LogP contribution in [0.15, 0.2) is 0 Å². The van der Waals surface area contributed by atoms with Crippen LogP contribution in [0.4, 0.5) is 4.79 Å². The molecule has 1 aliphatic heterocycles. The molecule has 0 aliphatic carbocycles. The van der Waals surface area contributed by atoms with Crippen LogP contribution in [0.1, 0.15) is 27.2 Å². The highest BCUT2D eigenvalue weighted by molar-refractivity contribution is 5.76. The Bertz CT molecular complexity index is 204. The van der Waals surface area contributed by atoms with Gasteiger partial charge in [-0.2, -0.15) is 0 Å². The molecular formula is C10H21N3O. The third-order valence-corrected chi connectivity index (χ3v) is 2.32. The fourth-order valence-electron chi connectivity index (χ4n) is 1.87. The van der Waals surface area contributed by atoms with E-state index < -0.39 is 0 Å². The van der Waals surface area contributed by atoms with Gasteiger partial charge in [-0.15, -0.1) is 0 Å². The predicted octanol–water partition coefficient (Wildman–Crippen LogP) is 0.774. The Kier molecular flexibility index (Phi) is 3.75. The van der Waals surface area contributed by atoms with E-state index in [1.54, 1.807) is 4.90 Å². The zero-order valence-corrected chi connectivity index (χ0v) is 9.29. The van der Waals surface area contributed by atoms with Gasteiger partial charge in [-0.05, 0) is 19.3 Å². The summed E-state index contributed by atoms with van der Waals surface area (Å²) < 4.78 is 0.